The van der Waals surface area contributed by atoms with E-state index in [0.717, 1.165) is 6.42 Å². The summed E-state index contributed by atoms with van der Waals surface area (Å²) in [6, 6.07) is 2.19. The lowest BCUT2D eigenvalue weighted by Crippen LogP contribution is -2.54. The first-order valence-corrected chi connectivity index (χ1v) is 4.77. The van der Waals surface area contributed by atoms with Crippen molar-refractivity contribution < 1.29 is 9.90 Å². The molecular weight excluding hydrogens is 180 g/mol. The van der Waals surface area contributed by atoms with Gasteiger partial charge in [-0.15, -0.1) is 0 Å². The lowest BCUT2D eigenvalue weighted by molar-refractivity contribution is 0.0689. The maximum atomic E-state index is 11.0. The quantitative estimate of drug-likeness (QED) is 0.645. The van der Waals surface area contributed by atoms with Crippen LogP contribution in [0.1, 0.15) is 33.6 Å². The van der Waals surface area contributed by atoms with Crippen LogP contribution in [0, 0.1) is 16.7 Å². The highest BCUT2D eigenvalue weighted by atomic mass is 16.4. The molecule has 0 spiro atoms. The van der Waals surface area contributed by atoms with Crippen molar-refractivity contribution >= 4 is 6.09 Å². The van der Waals surface area contributed by atoms with Crippen LogP contribution in [0.5, 0.6) is 0 Å². The Hall–Kier alpha value is -1.24. The summed E-state index contributed by atoms with van der Waals surface area (Å²) >= 11 is 0. The molecule has 1 atom stereocenters. The van der Waals surface area contributed by atoms with Crippen LogP contribution >= 0.6 is 0 Å². The number of nitriles is 1. The summed E-state index contributed by atoms with van der Waals surface area (Å²) in [7, 11) is 0. The minimum absolute atomic E-state index is 0.337. The van der Waals surface area contributed by atoms with Crippen LogP contribution in [0.2, 0.25) is 0 Å². The summed E-state index contributed by atoms with van der Waals surface area (Å²) in [5.74, 6) is 0. The number of nitrogens with zero attached hydrogens (tertiary/aromatic N) is 2. The molecule has 0 radical (unpaired) electrons. The van der Waals surface area contributed by atoms with Gasteiger partial charge in [0.2, 0.25) is 0 Å². The Labute approximate surface area is 84.1 Å². The van der Waals surface area contributed by atoms with E-state index in [1.165, 1.54) is 4.90 Å². The van der Waals surface area contributed by atoms with Gasteiger partial charge >= 0.3 is 6.09 Å². The molecular formula is C10H16N2O2. The minimum atomic E-state index is -0.987. The number of amides is 1. The Bertz CT molecular complexity index is 287. The van der Waals surface area contributed by atoms with E-state index in [4.69, 9.17) is 5.11 Å². The van der Waals surface area contributed by atoms with Crippen LogP contribution in [0.4, 0.5) is 4.79 Å². The first-order chi connectivity index (χ1) is 6.35. The Morgan fingerprint density at radius 3 is 2.43 bits per heavy atom. The van der Waals surface area contributed by atoms with Crippen molar-refractivity contribution in [3.8, 4) is 6.07 Å². The van der Waals surface area contributed by atoms with E-state index in [1.807, 2.05) is 20.8 Å². The maximum absolute atomic E-state index is 11.0. The molecule has 1 saturated heterocycles. The second kappa shape index (κ2) is 3.16. The first kappa shape index (κ1) is 10.8. The number of hydrogen-bond acceptors (Lipinski definition) is 2. The van der Waals surface area contributed by atoms with E-state index < -0.39 is 11.6 Å². The molecule has 1 fully saturated rings. The van der Waals surface area contributed by atoms with Crippen LogP contribution in [0.3, 0.4) is 0 Å². The summed E-state index contributed by atoms with van der Waals surface area (Å²) in [6.07, 6.45) is 0.426. The van der Waals surface area contributed by atoms with Crippen molar-refractivity contribution in [2.75, 3.05) is 6.54 Å². The van der Waals surface area contributed by atoms with E-state index in [9.17, 15) is 10.1 Å². The van der Waals surface area contributed by atoms with Crippen LogP contribution in [0.25, 0.3) is 0 Å². The van der Waals surface area contributed by atoms with Crippen molar-refractivity contribution in [3.63, 3.8) is 0 Å². The van der Waals surface area contributed by atoms with Gasteiger partial charge in [0, 0.05) is 6.54 Å². The van der Waals surface area contributed by atoms with E-state index in [0.29, 0.717) is 13.0 Å². The average molecular weight is 196 g/mol. The number of likely N-dealkylation sites (tertiary alicyclic amines) is 1. The Balaban J connectivity index is 3.12. The summed E-state index contributed by atoms with van der Waals surface area (Å²) in [4.78, 5) is 12.3. The number of carboxylic acid groups (broad SMARTS) is 1. The Kier molecular flexibility index (Phi) is 2.45. The lowest BCUT2D eigenvalue weighted by Gasteiger charge is -2.41. The zero-order valence-electron chi connectivity index (χ0n) is 8.87. The van der Waals surface area contributed by atoms with Crippen molar-refractivity contribution in [2.24, 2.45) is 5.41 Å². The average Bonchev–Trinajstić information content (AvgIpc) is 2.46. The molecule has 4 heteroatoms. The number of carbonyl (C=O) groups is 1. The molecule has 1 heterocycles. The molecule has 1 amide bonds. The number of rotatable bonds is 0. The standard InChI is InChI=1S/C10H16N2O2/c1-9(2,3)10(7-11)5-4-6-12(10)8(13)14/h4-6H2,1-3H3,(H,13,14). The zero-order chi connectivity index (χ0) is 11.0. The van der Waals surface area contributed by atoms with Gasteiger partial charge in [0.1, 0.15) is 5.54 Å². The molecule has 1 rings (SSSR count). The topological polar surface area (TPSA) is 64.3 Å². The molecule has 0 bridgehead atoms. The Morgan fingerprint density at radius 1 is 1.57 bits per heavy atom. The minimum Gasteiger partial charge on any atom is -0.465 e. The van der Waals surface area contributed by atoms with Gasteiger partial charge in [-0.05, 0) is 18.3 Å². The van der Waals surface area contributed by atoms with Crippen LogP contribution in [-0.2, 0) is 0 Å². The van der Waals surface area contributed by atoms with Crippen molar-refractivity contribution in [1.29, 1.82) is 5.26 Å². The summed E-state index contributed by atoms with van der Waals surface area (Å²) in [6.45, 7) is 6.21. The molecule has 0 aromatic heterocycles. The SMILES string of the molecule is CC(C)(C)C1(C#N)CCCN1C(=O)O. The van der Waals surface area contributed by atoms with E-state index >= 15 is 0 Å². The van der Waals surface area contributed by atoms with E-state index in [2.05, 4.69) is 6.07 Å². The Morgan fingerprint density at radius 2 is 2.14 bits per heavy atom. The predicted molar refractivity (Wildman–Crippen MR) is 51.8 cm³/mol. The molecule has 14 heavy (non-hydrogen) atoms. The largest absolute Gasteiger partial charge is 0.465 e. The van der Waals surface area contributed by atoms with Gasteiger partial charge in [0.05, 0.1) is 6.07 Å². The van der Waals surface area contributed by atoms with Gasteiger partial charge in [-0.1, -0.05) is 20.8 Å². The second-order valence-corrected chi connectivity index (χ2v) is 4.76. The monoisotopic (exact) mass is 196 g/mol. The van der Waals surface area contributed by atoms with Gasteiger partial charge in [-0.25, -0.2) is 4.79 Å². The van der Waals surface area contributed by atoms with Crippen molar-refractivity contribution in [1.82, 2.24) is 4.90 Å². The highest BCUT2D eigenvalue weighted by Gasteiger charge is 2.52. The molecule has 78 valence electrons. The highest BCUT2D eigenvalue weighted by Crippen LogP contribution is 2.43. The van der Waals surface area contributed by atoms with Crippen molar-refractivity contribution in [2.45, 2.75) is 39.2 Å². The first-order valence-electron chi connectivity index (χ1n) is 4.77. The molecule has 1 unspecified atom stereocenters. The van der Waals surface area contributed by atoms with E-state index in [1.54, 1.807) is 0 Å². The van der Waals surface area contributed by atoms with Crippen molar-refractivity contribution in [3.05, 3.63) is 0 Å². The summed E-state index contributed by atoms with van der Waals surface area (Å²) in [5.41, 5.74) is -1.19. The van der Waals surface area contributed by atoms with Crippen LogP contribution in [-0.4, -0.2) is 28.2 Å². The summed E-state index contributed by atoms with van der Waals surface area (Å²) in [5, 5.41) is 18.2. The molecule has 0 saturated carbocycles. The third-order valence-electron chi connectivity index (χ3n) is 3.04. The molecule has 4 nitrogen and oxygen atoms in total. The molecule has 0 aromatic carbocycles. The maximum Gasteiger partial charge on any atom is 0.408 e. The predicted octanol–water partition coefficient (Wildman–Crippen LogP) is 2.07. The van der Waals surface area contributed by atoms with Crippen LogP contribution in [0.15, 0.2) is 0 Å². The second-order valence-electron chi connectivity index (χ2n) is 4.76. The fourth-order valence-electron chi connectivity index (χ4n) is 2.14. The smallest absolute Gasteiger partial charge is 0.408 e. The number of hydrogen-bond donors (Lipinski definition) is 1. The molecule has 0 aromatic rings. The molecule has 1 aliphatic rings. The lowest BCUT2D eigenvalue weighted by atomic mass is 9.73. The fraction of sp³-hybridized carbons (Fsp3) is 0.800. The fourth-order valence-corrected chi connectivity index (χ4v) is 2.14. The van der Waals surface area contributed by atoms with E-state index in [-0.39, 0.29) is 5.41 Å². The van der Waals surface area contributed by atoms with Gasteiger partial charge in [0.25, 0.3) is 0 Å². The van der Waals surface area contributed by atoms with Gasteiger partial charge in [-0.2, -0.15) is 5.26 Å². The van der Waals surface area contributed by atoms with Gasteiger partial charge in [-0.3, -0.25) is 4.90 Å². The van der Waals surface area contributed by atoms with Gasteiger partial charge < -0.3 is 5.11 Å². The van der Waals surface area contributed by atoms with Crippen LogP contribution < -0.4 is 0 Å². The molecule has 0 aliphatic carbocycles. The molecule has 1 N–H and O–H groups in total. The normalized spacial score (nSPS) is 27.4. The molecule has 1 aliphatic heterocycles. The third-order valence-corrected chi connectivity index (χ3v) is 3.04. The van der Waals surface area contributed by atoms with Gasteiger partial charge in [0.15, 0.2) is 0 Å². The third kappa shape index (κ3) is 1.33. The highest BCUT2D eigenvalue weighted by molar-refractivity contribution is 5.67. The zero-order valence-corrected chi connectivity index (χ0v) is 8.87. The summed E-state index contributed by atoms with van der Waals surface area (Å²) < 4.78 is 0.